The predicted octanol–water partition coefficient (Wildman–Crippen LogP) is 2.83. The molecule has 1 unspecified atom stereocenters. The van der Waals surface area contributed by atoms with Crippen molar-refractivity contribution in [2.24, 2.45) is 0 Å². The minimum absolute atomic E-state index is 0.0135. The first-order valence-corrected chi connectivity index (χ1v) is 5.17. The summed E-state index contributed by atoms with van der Waals surface area (Å²) in [7, 11) is 0. The fraction of sp³-hybridized carbons (Fsp3) is 0.273. The van der Waals surface area contributed by atoms with E-state index in [0.717, 1.165) is 5.56 Å². The molecule has 72 valence electrons. The van der Waals surface area contributed by atoms with E-state index in [1.165, 1.54) is 0 Å². The highest BCUT2D eigenvalue weighted by Gasteiger charge is 2.14. The maximum Gasteiger partial charge on any atom is 0.176 e. The topological polar surface area (TPSA) is 40.9 Å². The van der Waals surface area contributed by atoms with Crippen LogP contribution in [0.1, 0.15) is 28.4 Å². The summed E-state index contributed by atoms with van der Waals surface area (Å²) in [6.45, 7) is 3.64. The molecule has 0 bridgehead atoms. The van der Waals surface area contributed by atoms with Gasteiger partial charge < -0.3 is 0 Å². The van der Waals surface area contributed by atoms with E-state index in [1.54, 1.807) is 25.1 Å². The number of carbonyl (C=O) groups is 1. The molecule has 0 aliphatic heterocycles. The second-order valence-electron chi connectivity index (χ2n) is 3.12. The van der Waals surface area contributed by atoms with Crippen LogP contribution in [0.25, 0.3) is 0 Å². The van der Waals surface area contributed by atoms with Crippen molar-refractivity contribution >= 4 is 21.7 Å². The van der Waals surface area contributed by atoms with Gasteiger partial charge in [-0.25, -0.2) is 0 Å². The number of ketones is 1. The molecule has 0 aromatic heterocycles. The van der Waals surface area contributed by atoms with Gasteiger partial charge in [-0.1, -0.05) is 22.0 Å². The molecule has 0 N–H and O–H groups in total. The van der Waals surface area contributed by atoms with Crippen LogP contribution in [0.4, 0.5) is 0 Å². The molecule has 3 heteroatoms. The maximum atomic E-state index is 11.7. The highest BCUT2D eigenvalue weighted by molar-refractivity contribution is 9.10. The normalized spacial score (nSPS) is 11.9. The molecule has 0 aliphatic rings. The molecule has 1 rings (SSSR count). The summed E-state index contributed by atoms with van der Waals surface area (Å²) in [6.07, 6.45) is 0. The van der Waals surface area contributed by atoms with Gasteiger partial charge >= 0.3 is 0 Å². The first-order valence-electron chi connectivity index (χ1n) is 4.25. The molecule has 0 heterocycles. The molecule has 0 saturated heterocycles. The molecule has 0 fully saturated rings. The van der Waals surface area contributed by atoms with Crippen molar-refractivity contribution in [1.82, 2.24) is 0 Å². The third-order valence-electron chi connectivity index (χ3n) is 1.99. The second-order valence-corrected chi connectivity index (χ2v) is 4.50. The number of rotatable bonds is 2. The molecule has 0 radical (unpaired) electrons. The fourth-order valence-corrected chi connectivity index (χ4v) is 1.42. The Morgan fingerprint density at radius 2 is 2.21 bits per heavy atom. The number of Topliss-reactive ketones (excluding diaryl/α,β-unsaturated/α-hetero) is 1. The van der Waals surface area contributed by atoms with E-state index in [1.807, 2.05) is 13.0 Å². The monoisotopic (exact) mass is 251 g/mol. The van der Waals surface area contributed by atoms with Crippen LogP contribution in [0.15, 0.2) is 18.2 Å². The summed E-state index contributed by atoms with van der Waals surface area (Å²) in [6, 6.07) is 7.16. The van der Waals surface area contributed by atoms with Gasteiger partial charge in [0, 0.05) is 5.56 Å². The fourth-order valence-electron chi connectivity index (χ4n) is 1.17. The lowest BCUT2D eigenvalue weighted by Gasteiger charge is -2.06. The molecule has 1 aromatic rings. The lowest BCUT2D eigenvalue weighted by molar-refractivity contribution is 0.0995. The van der Waals surface area contributed by atoms with Gasteiger partial charge in [0.15, 0.2) is 5.78 Å². The van der Waals surface area contributed by atoms with E-state index in [9.17, 15) is 4.79 Å². The Morgan fingerprint density at radius 1 is 1.57 bits per heavy atom. The summed E-state index contributed by atoms with van der Waals surface area (Å²) >= 11 is 3.22. The Morgan fingerprint density at radius 3 is 2.71 bits per heavy atom. The van der Waals surface area contributed by atoms with Crippen LogP contribution >= 0.6 is 15.9 Å². The Bertz CT molecular complexity index is 404. The molecule has 1 atom stereocenters. The summed E-state index contributed by atoms with van der Waals surface area (Å²) in [5, 5.41) is 8.70. The van der Waals surface area contributed by atoms with Gasteiger partial charge in [-0.15, -0.1) is 0 Å². The van der Waals surface area contributed by atoms with Crippen LogP contribution in [0.2, 0.25) is 0 Å². The zero-order valence-electron chi connectivity index (χ0n) is 8.04. The molecular formula is C11H10BrNO. The number of nitriles is 1. The van der Waals surface area contributed by atoms with Gasteiger partial charge in [0.2, 0.25) is 0 Å². The van der Waals surface area contributed by atoms with Crippen molar-refractivity contribution < 1.29 is 4.79 Å². The quantitative estimate of drug-likeness (QED) is 0.599. The Labute approximate surface area is 91.7 Å². The number of benzene rings is 1. The van der Waals surface area contributed by atoms with Crippen LogP contribution in [0.5, 0.6) is 0 Å². The SMILES string of the molecule is Cc1ccc(C#N)cc1C(=O)C(C)Br. The van der Waals surface area contributed by atoms with Crippen LogP contribution < -0.4 is 0 Å². The highest BCUT2D eigenvalue weighted by atomic mass is 79.9. The van der Waals surface area contributed by atoms with E-state index in [2.05, 4.69) is 15.9 Å². The maximum absolute atomic E-state index is 11.7. The van der Waals surface area contributed by atoms with Gasteiger partial charge in [-0.2, -0.15) is 5.26 Å². The number of aryl methyl sites for hydroxylation is 1. The average Bonchev–Trinajstić information content (AvgIpc) is 2.17. The summed E-state index contributed by atoms with van der Waals surface area (Å²) < 4.78 is 0. The molecule has 0 amide bonds. The minimum atomic E-state index is -0.213. The van der Waals surface area contributed by atoms with Crippen LogP contribution in [0, 0.1) is 18.3 Å². The third-order valence-corrected chi connectivity index (χ3v) is 2.41. The van der Waals surface area contributed by atoms with Crippen molar-refractivity contribution in [3.8, 4) is 6.07 Å². The van der Waals surface area contributed by atoms with E-state index < -0.39 is 0 Å². The number of hydrogen-bond acceptors (Lipinski definition) is 2. The van der Waals surface area contributed by atoms with Crippen LogP contribution in [-0.2, 0) is 0 Å². The summed E-state index contributed by atoms with van der Waals surface area (Å²) in [5.41, 5.74) is 2.04. The number of nitrogens with zero attached hydrogens (tertiary/aromatic N) is 1. The lowest BCUT2D eigenvalue weighted by atomic mass is 10.0. The predicted molar refractivity (Wildman–Crippen MR) is 58.6 cm³/mol. The van der Waals surface area contributed by atoms with Crippen molar-refractivity contribution in [1.29, 1.82) is 5.26 Å². The molecule has 1 aromatic carbocycles. The highest BCUT2D eigenvalue weighted by Crippen LogP contribution is 2.15. The second kappa shape index (κ2) is 4.39. The zero-order chi connectivity index (χ0) is 10.7. The Kier molecular flexibility index (Phi) is 3.43. The van der Waals surface area contributed by atoms with Crippen LogP contribution in [0.3, 0.4) is 0 Å². The summed E-state index contributed by atoms with van der Waals surface area (Å²) in [4.78, 5) is 11.5. The molecule has 14 heavy (non-hydrogen) atoms. The number of hydrogen-bond donors (Lipinski definition) is 0. The van der Waals surface area contributed by atoms with E-state index >= 15 is 0 Å². The van der Waals surface area contributed by atoms with E-state index in [-0.39, 0.29) is 10.6 Å². The Balaban J connectivity index is 3.21. The largest absolute Gasteiger partial charge is 0.293 e. The average molecular weight is 252 g/mol. The first-order chi connectivity index (χ1) is 6.56. The third kappa shape index (κ3) is 2.21. The molecular weight excluding hydrogens is 242 g/mol. The van der Waals surface area contributed by atoms with Gasteiger partial charge in [0.05, 0.1) is 16.5 Å². The number of halogens is 1. The van der Waals surface area contributed by atoms with Crippen molar-refractivity contribution in [3.63, 3.8) is 0 Å². The van der Waals surface area contributed by atoms with Crippen LogP contribution in [-0.4, -0.2) is 10.6 Å². The molecule has 2 nitrogen and oxygen atoms in total. The minimum Gasteiger partial charge on any atom is -0.293 e. The number of carbonyl (C=O) groups excluding carboxylic acids is 1. The van der Waals surface area contributed by atoms with Gasteiger partial charge in [0.25, 0.3) is 0 Å². The lowest BCUT2D eigenvalue weighted by Crippen LogP contribution is -2.11. The first kappa shape index (κ1) is 10.9. The molecule has 0 aliphatic carbocycles. The van der Waals surface area contributed by atoms with Gasteiger partial charge in [-0.3, -0.25) is 4.79 Å². The molecule has 0 spiro atoms. The standard InChI is InChI=1S/C11H10BrNO/c1-7-3-4-9(6-13)5-10(7)11(14)8(2)12/h3-5,8H,1-2H3. The summed E-state index contributed by atoms with van der Waals surface area (Å²) in [5.74, 6) is 0.0135. The van der Waals surface area contributed by atoms with E-state index in [0.29, 0.717) is 11.1 Å². The van der Waals surface area contributed by atoms with Crippen molar-refractivity contribution in [2.75, 3.05) is 0 Å². The van der Waals surface area contributed by atoms with Gasteiger partial charge in [-0.05, 0) is 31.5 Å². The molecule has 0 saturated carbocycles. The Hall–Kier alpha value is -1.14. The number of alkyl halides is 1. The van der Waals surface area contributed by atoms with Crippen molar-refractivity contribution in [3.05, 3.63) is 34.9 Å². The van der Waals surface area contributed by atoms with E-state index in [4.69, 9.17) is 5.26 Å². The van der Waals surface area contributed by atoms with Crippen molar-refractivity contribution in [2.45, 2.75) is 18.7 Å². The zero-order valence-corrected chi connectivity index (χ0v) is 9.63. The smallest absolute Gasteiger partial charge is 0.176 e. The van der Waals surface area contributed by atoms with Gasteiger partial charge in [0.1, 0.15) is 0 Å².